The summed E-state index contributed by atoms with van der Waals surface area (Å²) in [7, 11) is 0. The van der Waals surface area contributed by atoms with Gasteiger partial charge in [0.05, 0.1) is 11.0 Å². The van der Waals surface area contributed by atoms with Crippen LogP contribution in [0.2, 0.25) is 0 Å². The Labute approximate surface area is 142 Å². The van der Waals surface area contributed by atoms with Gasteiger partial charge in [0.2, 0.25) is 5.91 Å². The van der Waals surface area contributed by atoms with E-state index in [-0.39, 0.29) is 5.91 Å². The summed E-state index contributed by atoms with van der Waals surface area (Å²) < 4.78 is 0. The number of carbonyl (C=O) groups is 1. The number of H-pyrrole nitrogens is 1. The Hall–Kier alpha value is -1.88. The summed E-state index contributed by atoms with van der Waals surface area (Å²) >= 11 is 0. The molecule has 3 heterocycles. The molecule has 1 amide bonds. The Kier molecular flexibility index (Phi) is 4.04. The number of rotatable bonds is 3. The molecule has 2 N–H and O–H groups in total. The lowest BCUT2D eigenvalue weighted by molar-refractivity contribution is -0.134. The highest BCUT2D eigenvalue weighted by atomic mass is 16.2. The minimum Gasteiger partial charge on any atom is -0.342 e. The number of hydrogen-bond acceptors (Lipinski definition) is 3. The smallest absolute Gasteiger partial charge is 0.223 e. The third kappa shape index (κ3) is 2.93. The molecule has 1 atom stereocenters. The van der Waals surface area contributed by atoms with Crippen molar-refractivity contribution in [2.45, 2.75) is 39.0 Å². The number of carbonyl (C=O) groups excluding carboxylic acids is 1. The summed E-state index contributed by atoms with van der Waals surface area (Å²) in [6.45, 7) is 6.08. The summed E-state index contributed by atoms with van der Waals surface area (Å²) in [6.07, 6.45) is 4.83. The van der Waals surface area contributed by atoms with Crippen LogP contribution in [0.15, 0.2) is 18.2 Å². The molecule has 2 saturated heterocycles. The Morgan fingerprint density at radius 1 is 1.38 bits per heavy atom. The summed E-state index contributed by atoms with van der Waals surface area (Å²) in [5, 5.41) is 3.47. The zero-order valence-corrected chi connectivity index (χ0v) is 14.4. The summed E-state index contributed by atoms with van der Waals surface area (Å²) in [5.41, 5.74) is 3.60. The van der Waals surface area contributed by atoms with Crippen LogP contribution in [0, 0.1) is 12.3 Å². The second kappa shape index (κ2) is 6.20. The predicted octanol–water partition coefficient (Wildman–Crippen LogP) is 2.41. The van der Waals surface area contributed by atoms with E-state index in [0.717, 1.165) is 49.5 Å². The van der Waals surface area contributed by atoms with Gasteiger partial charge in [-0.3, -0.25) is 4.79 Å². The van der Waals surface area contributed by atoms with Gasteiger partial charge >= 0.3 is 0 Å². The van der Waals surface area contributed by atoms with Crippen molar-refractivity contribution in [3.05, 3.63) is 29.6 Å². The number of aromatic nitrogens is 2. The van der Waals surface area contributed by atoms with E-state index < -0.39 is 0 Å². The Morgan fingerprint density at radius 2 is 2.29 bits per heavy atom. The number of imidazole rings is 1. The molecule has 5 heteroatoms. The molecule has 5 nitrogen and oxygen atoms in total. The van der Waals surface area contributed by atoms with Gasteiger partial charge < -0.3 is 15.2 Å². The topological polar surface area (TPSA) is 61.0 Å². The number of para-hydroxylation sites is 1. The molecule has 2 fully saturated rings. The maximum Gasteiger partial charge on any atom is 0.223 e. The lowest BCUT2D eigenvalue weighted by Crippen LogP contribution is -2.47. The van der Waals surface area contributed by atoms with E-state index in [1.165, 1.54) is 18.4 Å². The van der Waals surface area contributed by atoms with Gasteiger partial charge in [0, 0.05) is 37.9 Å². The van der Waals surface area contributed by atoms with Crippen LogP contribution >= 0.6 is 0 Å². The summed E-state index contributed by atoms with van der Waals surface area (Å²) in [6, 6.07) is 6.15. The fraction of sp³-hybridized carbons (Fsp3) is 0.579. The zero-order valence-electron chi connectivity index (χ0n) is 14.4. The van der Waals surface area contributed by atoms with Gasteiger partial charge in [0.25, 0.3) is 0 Å². The minimum atomic E-state index is 0.276. The lowest BCUT2D eigenvalue weighted by atomic mass is 9.79. The van der Waals surface area contributed by atoms with Gasteiger partial charge in [-0.2, -0.15) is 0 Å². The van der Waals surface area contributed by atoms with Crippen LogP contribution < -0.4 is 5.32 Å². The minimum absolute atomic E-state index is 0.276. The van der Waals surface area contributed by atoms with E-state index in [1.54, 1.807) is 0 Å². The normalized spacial score (nSPS) is 24.1. The molecular formula is C19H26N4O. The number of benzene rings is 1. The highest BCUT2D eigenvalue weighted by Crippen LogP contribution is 2.35. The first-order chi connectivity index (χ1) is 11.7. The molecule has 1 aromatic carbocycles. The van der Waals surface area contributed by atoms with Crippen LogP contribution in [0.25, 0.3) is 11.0 Å². The van der Waals surface area contributed by atoms with Crippen LogP contribution in [-0.2, 0) is 11.2 Å². The number of nitrogens with one attached hydrogen (secondary N) is 2. The lowest BCUT2D eigenvalue weighted by Gasteiger charge is -2.40. The van der Waals surface area contributed by atoms with Gasteiger partial charge in [0.1, 0.15) is 5.82 Å². The van der Waals surface area contributed by atoms with Gasteiger partial charge in [-0.25, -0.2) is 4.98 Å². The third-order valence-corrected chi connectivity index (χ3v) is 5.69. The fourth-order valence-corrected chi connectivity index (χ4v) is 4.29. The molecule has 1 spiro atoms. The quantitative estimate of drug-likeness (QED) is 0.910. The molecule has 0 radical (unpaired) electrons. The first-order valence-corrected chi connectivity index (χ1v) is 9.08. The molecule has 0 saturated carbocycles. The molecule has 2 aliphatic rings. The molecule has 24 heavy (non-hydrogen) atoms. The highest BCUT2D eigenvalue weighted by molar-refractivity contribution is 5.79. The Bertz CT molecular complexity index is 745. The van der Waals surface area contributed by atoms with E-state index in [0.29, 0.717) is 18.3 Å². The van der Waals surface area contributed by atoms with Crippen molar-refractivity contribution >= 4 is 16.9 Å². The second-order valence-corrected chi connectivity index (χ2v) is 7.50. The number of fused-ring (bicyclic) bond motifs is 1. The fourth-order valence-electron chi connectivity index (χ4n) is 4.29. The maximum absolute atomic E-state index is 12.7. The monoisotopic (exact) mass is 326 g/mol. The van der Waals surface area contributed by atoms with Crippen LogP contribution in [0.4, 0.5) is 0 Å². The van der Waals surface area contributed by atoms with Crippen molar-refractivity contribution < 1.29 is 4.79 Å². The average Bonchev–Trinajstić information content (AvgIpc) is 3.20. The molecule has 4 rings (SSSR count). The zero-order chi connectivity index (χ0) is 16.6. The van der Waals surface area contributed by atoms with Gasteiger partial charge in [-0.1, -0.05) is 12.1 Å². The molecule has 1 aromatic heterocycles. The molecule has 128 valence electrons. The molecule has 0 bridgehead atoms. The number of aryl methyl sites for hydroxylation is 2. The second-order valence-electron chi connectivity index (χ2n) is 7.50. The van der Waals surface area contributed by atoms with Gasteiger partial charge in [-0.05, 0) is 44.4 Å². The number of nitrogens with zero attached hydrogens (tertiary/aromatic N) is 2. The van der Waals surface area contributed by atoms with Crippen molar-refractivity contribution in [3.63, 3.8) is 0 Å². The van der Waals surface area contributed by atoms with Crippen molar-refractivity contribution in [1.29, 1.82) is 0 Å². The van der Waals surface area contributed by atoms with Gasteiger partial charge in [0.15, 0.2) is 0 Å². The molecule has 1 unspecified atom stereocenters. The standard InChI is InChI=1S/C19H26N4O/c1-14-4-2-5-15-18(14)22-16(21-15)6-7-17(24)23-11-3-8-19(13-23)9-10-20-12-19/h2,4-5,20H,3,6-13H2,1H3,(H,21,22). The maximum atomic E-state index is 12.7. The number of amides is 1. The number of likely N-dealkylation sites (tertiary alicyclic amines) is 1. The average molecular weight is 326 g/mol. The van der Waals surface area contributed by atoms with E-state index >= 15 is 0 Å². The first kappa shape index (κ1) is 15.6. The van der Waals surface area contributed by atoms with E-state index in [4.69, 9.17) is 0 Å². The van der Waals surface area contributed by atoms with E-state index in [2.05, 4.69) is 33.2 Å². The Morgan fingerprint density at radius 3 is 3.08 bits per heavy atom. The predicted molar refractivity (Wildman–Crippen MR) is 94.9 cm³/mol. The van der Waals surface area contributed by atoms with Crippen molar-refractivity contribution in [2.24, 2.45) is 5.41 Å². The van der Waals surface area contributed by atoms with Crippen LogP contribution in [0.1, 0.15) is 37.1 Å². The summed E-state index contributed by atoms with van der Waals surface area (Å²) in [5.74, 6) is 1.19. The van der Waals surface area contributed by atoms with Gasteiger partial charge in [-0.15, -0.1) is 0 Å². The highest BCUT2D eigenvalue weighted by Gasteiger charge is 2.39. The number of piperidine rings is 1. The van der Waals surface area contributed by atoms with Crippen molar-refractivity contribution in [1.82, 2.24) is 20.2 Å². The SMILES string of the molecule is Cc1cccc2[nH]c(CCC(=O)N3CCCC4(CCNC4)C3)nc12. The van der Waals surface area contributed by atoms with E-state index in [1.807, 2.05) is 12.1 Å². The molecule has 0 aliphatic carbocycles. The molecule has 2 aromatic rings. The van der Waals surface area contributed by atoms with Crippen molar-refractivity contribution in [2.75, 3.05) is 26.2 Å². The van der Waals surface area contributed by atoms with Crippen LogP contribution in [0.5, 0.6) is 0 Å². The van der Waals surface area contributed by atoms with Crippen LogP contribution in [0.3, 0.4) is 0 Å². The largest absolute Gasteiger partial charge is 0.342 e. The van der Waals surface area contributed by atoms with Crippen molar-refractivity contribution in [3.8, 4) is 0 Å². The molecule has 2 aliphatic heterocycles. The van der Waals surface area contributed by atoms with E-state index in [9.17, 15) is 4.79 Å². The van der Waals surface area contributed by atoms with Crippen LogP contribution in [-0.4, -0.2) is 47.0 Å². The summed E-state index contributed by atoms with van der Waals surface area (Å²) in [4.78, 5) is 22.8. The third-order valence-electron chi connectivity index (χ3n) is 5.69. The first-order valence-electron chi connectivity index (χ1n) is 9.08. The molecular weight excluding hydrogens is 300 g/mol. The number of aromatic amines is 1. The Balaban J connectivity index is 1.39. The number of hydrogen-bond donors (Lipinski definition) is 2.